The highest BCUT2D eigenvalue weighted by Crippen LogP contribution is 2.28. The van der Waals surface area contributed by atoms with E-state index in [1.54, 1.807) is 17.0 Å². The highest BCUT2D eigenvalue weighted by Gasteiger charge is 2.24. The third-order valence-corrected chi connectivity index (χ3v) is 3.60. The summed E-state index contributed by atoms with van der Waals surface area (Å²) in [6, 6.07) is 4.32. The number of hydrogen-bond donors (Lipinski definition) is 2. The normalized spacial score (nSPS) is 14.8. The number of aryl methyl sites for hydroxylation is 1. The maximum absolute atomic E-state index is 12.3. The fraction of sp³-hybridized carbons (Fsp3) is 0.375. The molecule has 0 bridgehead atoms. The van der Waals surface area contributed by atoms with E-state index in [-0.39, 0.29) is 17.6 Å². The van der Waals surface area contributed by atoms with Crippen molar-refractivity contribution in [1.82, 2.24) is 5.32 Å². The van der Waals surface area contributed by atoms with Gasteiger partial charge in [-0.1, -0.05) is 12.8 Å². The van der Waals surface area contributed by atoms with Gasteiger partial charge in [-0.3, -0.25) is 4.90 Å². The van der Waals surface area contributed by atoms with Crippen molar-refractivity contribution >= 4 is 17.7 Å². The van der Waals surface area contributed by atoms with Gasteiger partial charge in [0.15, 0.2) is 0 Å². The second-order valence-corrected chi connectivity index (χ2v) is 4.98. The smallest absolute Gasteiger partial charge is 0.335 e. The third-order valence-electron chi connectivity index (χ3n) is 3.60. The quantitative estimate of drug-likeness (QED) is 0.837. The third kappa shape index (κ3) is 3.16. The van der Waals surface area contributed by atoms with Crippen molar-refractivity contribution < 1.29 is 14.7 Å². The Bertz CT molecular complexity index is 604. The van der Waals surface area contributed by atoms with Gasteiger partial charge < -0.3 is 10.4 Å². The van der Waals surface area contributed by atoms with Gasteiger partial charge in [-0.15, -0.1) is 6.42 Å². The molecule has 0 saturated heterocycles. The Morgan fingerprint density at radius 1 is 1.52 bits per heavy atom. The van der Waals surface area contributed by atoms with Crippen LogP contribution in [0.5, 0.6) is 0 Å². The lowest BCUT2D eigenvalue weighted by atomic mass is 9.99. The first kappa shape index (κ1) is 14.9. The van der Waals surface area contributed by atoms with Gasteiger partial charge in [-0.25, -0.2) is 9.59 Å². The first-order valence-electron chi connectivity index (χ1n) is 6.97. The first-order chi connectivity index (χ1) is 10.1. The van der Waals surface area contributed by atoms with Gasteiger partial charge in [-0.2, -0.15) is 0 Å². The molecule has 0 spiro atoms. The maximum atomic E-state index is 12.3. The first-order valence-corrected chi connectivity index (χ1v) is 6.97. The topological polar surface area (TPSA) is 69.6 Å². The van der Waals surface area contributed by atoms with Crippen LogP contribution in [-0.2, 0) is 6.42 Å². The van der Waals surface area contributed by atoms with Gasteiger partial charge in [-0.05, 0) is 43.0 Å². The van der Waals surface area contributed by atoms with Gasteiger partial charge in [0, 0.05) is 12.2 Å². The second-order valence-electron chi connectivity index (χ2n) is 4.98. The van der Waals surface area contributed by atoms with Gasteiger partial charge in [0.05, 0.1) is 11.6 Å². The van der Waals surface area contributed by atoms with Gasteiger partial charge in [0.25, 0.3) is 0 Å². The predicted octanol–water partition coefficient (Wildman–Crippen LogP) is 2.26. The molecule has 0 aromatic heterocycles. The number of benzene rings is 1. The molecule has 2 N–H and O–H groups in total. The number of aromatic carboxylic acids is 1. The van der Waals surface area contributed by atoms with Crippen LogP contribution in [-0.4, -0.2) is 29.7 Å². The molecule has 0 fully saturated rings. The summed E-state index contributed by atoms with van der Waals surface area (Å²) in [6.07, 6.45) is 7.60. The van der Waals surface area contributed by atoms with Crippen LogP contribution in [0.25, 0.3) is 0 Å². The van der Waals surface area contributed by atoms with Crippen LogP contribution in [0.4, 0.5) is 10.5 Å². The number of terminal acetylenes is 1. The summed E-state index contributed by atoms with van der Waals surface area (Å²) in [5.74, 6) is 1.57. The standard InChI is InChI=1S/C16H18N2O3/c1-3-13(4-2)17-16(21)18-9-5-6-11-10-12(15(19)20)7-8-14(11)18/h1,7-8,10,13H,4-6,9H2,2H3,(H,17,21)(H,19,20). The highest BCUT2D eigenvalue weighted by atomic mass is 16.4. The fourth-order valence-electron chi connectivity index (χ4n) is 2.43. The summed E-state index contributed by atoms with van der Waals surface area (Å²) in [4.78, 5) is 25.0. The number of carboxylic acid groups (broad SMARTS) is 1. The van der Waals surface area contributed by atoms with E-state index >= 15 is 0 Å². The Balaban J connectivity index is 2.24. The summed E-state index contributed by atoms with van der Waals surface area (Å²) in [5.41, 5.74) is 1.88. The molecule has 0 radical (unpaired) electrons. The Morgan fingerprint density at radius 3 is 2.90 bits per heavy atom. The number of anilines is 1. The molecule has 1 atom stereocenters. The number of rotatable bonds is 3. The Labute approximate surface area is 124 Å². The van der Waals surface area contributed by atoms with Crippen molar-refractivity contribution in [1.29, 1.82) is 0 Å². The number of carbonyl (C=O) groups excluding carboxylic acids is 1. The molecule has 21 heavy (non-hydrogen) atoms. The van der Waals surface area contributed by atoms with Crippen molar-refractivity contribution in [3.05, 3.63) is 29.3 Å². The molecule has 0 saturated carbocycles. The number of fused-ring (bicyclic) bond motifs is 1. The van der Waals surface area contributed by atoms with Crippen LogP contribution in [0.1, 0.15) is 35.7 Å². The highest BCUT2D eigenvalue weighted by molar-refractivity contribution is 5.95. The van der Waals surface area contributed by atoms with E-state index in [9.17, 15) is 9.59 Å². The van der Waals surface area contributed by atoms with E-state index in [0.29, 0.717) is 13.0 Å². The van der Waals surface area contributed by atoms with E-state index < -0.39 is 5.97 Å². The molecule has 1 aliphatic heterocycles. The van der Waals surface area contributed by atoms with Crippen molar-refractivity contribution in [3.63, 3.8) is 0 Å². The zero-order chi connectivity index (χ0) is 15.4. The van der Waals surface area contributed by atoms with Crippen LogP contribution in [0.3, 0.4) is 0 Å². The zero-order valence-electron chi connectivity index (χ0n) is 11.9. The lowest BCUT2D eigenvalue weighted by molar-refractivity contribution is 0.0696. The summed E-state index contributed by atoms with van der Waals surface area (Å²) in [5, 5.41) is 11.8. The number of urea groups is 1. The molecule has 1 heterocycles. The van der Waals surface area contributed by atoms with Crippen molar-refractivity contribution in [3.8, 4) is 12.3 Å². The monoisotopic (exact) mass is 286 g/mol. The largest absolute Gasteiger partial charge is 0.478 e. The molecule has 2 rings (SSSR count). The zero-order valence-corrected chi connectivity index (χ0v) is 11.9. The van der Waals surface area contributed by atoms with E-state index in [1.165, 1.54) is 6.07 Å². The van der Waals surface area contributed by atoms with Crippen LogP contribution >= 0.6 is 0 Å². The fourth-order valence-corrected chi connectivity index (χ4v) is 2.43. The van der Waals surface area contributed by atoms with Gasteiger partial charge in [0.2, 0.25) is 0 Å². The second kappa shape index (κ2) is 6.31. The number of nitrogens with zero attached hydrogens (tertiary/aromatic N) is 1. The molecule has 0 aliphatic carbocycles. The van der Waals surface area contributed by atoms with E-state index in [4.69, 9.17) is 11.5 Å². The molecule has 1 aromatic rings. The van der Waals surface area contributed by atoms with Crippen LogP contribution < -0.4 is 10.2 Å². The Kier molecular flexibility index (Phi) is 4.49. The molecule has 5 nitrogen and oxygen atoms in total. The predicted molar refractivity (Wildman–Crippen MR) is 80.5 cm³/mol. The lowest BCUT2D eigenvalue weighted by Crippen LogP contribution is -2.46. The summed E-state index contributed by atoms with van der Waals surface area (Å²) in [6.45, 7) is 2.51. The number of carboxylic acids is 1. The van der Waals surface area contributed by atoms with Crippen molar-refractivity contribution in [2.75, 3.05) is 11.4 Å². The number of hydrogen-bond acceptors (Lipinski definition) is 2. The summed E-state index contributed by atoms with van der Waals surface area (Å²) >= 11 is 0. The SMILES string of the molecule is C#CC(CC)NC(=O)N1CCCc2cc(C(=O)O)ccc21. The minimum Gasteiger partial charge on any atom is -0.478 e. The van der Waals surface area contributed by atoms with Gasteiger partial charge in [0.1, 0.15) is 0 Å². The molecule has 2 amide bonds. The molecule has 1 aromatic carbocycles. The van der Waals surface area contributed by atoms with Crippen LogP contribution in [0.2, 0.25) is 0 Å². The average molecular weight is 286 g/mol. The molecule has 1 aliphatic rings. The van der Waals surface area contributed by atoms with E-state index in [0.717, 1.165) is 24.1 Å². The van der Waals surface area contributed by atoms with E-state index in [2.05, 4.69) is 11.2 Å². The molecule has 110 valence electrons. The molecule has 1 unspecified atom stereocenters. The number of amides is 2. The average Bonchev–Trinajstić information content (AvgIpc) is 2.51. The van der Waals surface area contributed by atoms with Crippen LogP contribution in [0.15, 0.2) is 18.2 Å². The molecule has 5 heteroatoms. The minimum absolute atomic E-state index is 0.233. The van der Waals surface area contributed by atoms with E-state index in [1.807, 2.05) is 6.92 Å². The van der Waals surface area contributed by atoms with Gasteiger partial charge >= 0.3 is 12.0 Å². The molecular weight excluding hydrogens is 268 g/mol. The lowest BCUT2D eigenvalue weighted by Gasteiger charge is -2.30. The summed E-state index contributed by atoms with van der Waals surface area (Å²) in [7, 11) is 0. The van der Waals surface area contributed by atoms with Crippen molar-refractivity contribution in [2.45, 2.75) is 32.2 Å². The Morgan fingerprint density at radius 2 is 2.29 bits per heavy atom. The maximum Gasteiger partial charge on any atom is 0.335 e. The Hall–Kier alpha value is -2.48. The van der Waals surface area contributed by atoms with Crippen LogP contribution in [0, 0.1) is 12.3 Å². The minimum atomic E-state index is -0.960. The number of carbonyl (C=O) groups is 2. The summed E-state index contributed by atoms with van der Waals surface area (Å²) < 4.78 is 0. The van der Waals surface area contributed by atoms with Crippen molar-refractivity contribution in [2.24, 2.45) is 0 Å². The molecular formula is C16H18N2O3. The number of nitrogens with one attached hydrogen (secondary N) is 1.